The van der Waals surface area contributed by atoms with Gasteiger partial charge >= 0.3 is 0 Å². The molecule has 0 fully saturated rings. The Morgan fingerprint density at radius 2 is 2.14 bits per heavy atom. The molecule has 1 aromatic carbocycles. The zero-order valence-corrected chi connectivity index (χ0v) is 12.2. The number of methoxy groups -OCH3 is 1. The summed E-state index contributed by atoms with van der Waals surface area (Å²) >= 11 is 0. The predicted molar refractivity (Wildman–Crippen MR) is 75.8 cm³/mol. The number of benzene rings is 1. The van der Waals surface area contributed by atoms with E-state index in [2.05, 4.69) is 20.2 Å². The number of nitrogens with zero attached hydrogens (tertiary/aromatic N) is 1. The van der Waals surface area contributed by atoms with Gasteiger partial charge in [0.15, 0.2) is 0 Å². The molecule has 2 rings (SSSR count). The second-order valence-electron chi connectivity index (χ2n) is 4.03. The molecule has 1 heterocycles. The van der Waals surface area contributed by atoms with Gasteiger partial charge in [0.25, 0.3) is 15.9 Å². The van der Waals surface area contributed by atoms with Crippen LogP contribution >= 0.6 is 0 Å². The Labute approximate surface area is 121 Å². The Balaban J connectivity index is 2.42. The van der Waals surface area contributed by atoms with Crippen LogP contribution in [-0.2, 0) is 10.0 Å². The van der Waals surface area contributed by atoms with Crippen molar-refractivity contribution in [3.8, 4) is 5.75 Å². The number of H-pyrrole nitrogens is 1. The summed E-state index contributed by atoms with van der Waals surface area (Å²) in [6.45, 7) is 0. The van der Waals surface area contributed by atoms with Crippen LogP contribution < -0.4 is 14.8 Å². The van der Waals surface area contributed by atoms with Crippen molar-refractivity contribution in [1.29, 1.82) is 0 Å². The molecule has 3 N–H and O–H groups in total. The molecule has 112 valence electrons. The van der Waals surface area contributed by atoms with E-state index in [1.165, 1.54) is 38.7 Å². The Morgan fingerprint density at radius 1 is 1.38 bits per heavy atom. The molecule has 1 amide bonds. The molecule has 0 aliphatic carbocycles. The molecule has 0 bridgehead atoms. The maximum Gasteiger partial charge on any atom is 0.265 e. The molecule has 2 aromatic rings. The van der Waals surface area contributed by atoms with Crippen LogP contribution in [0.4, 0.5) is 5.69 Å². The van der Waals surface area contributed by atoms with Crippen molar-refractivity contribution in [3.63, 3.8) is 0 Å². The van der Waals surface area contributed by atoms with Gasteiger partial charge in [-0.3, -0.25) is 14.6 Å². The molecule has 9 heteroatoms. The second-order valence-corrected chi connectivity index (χ2v) is 5.71. The fraction of sp³-hybridized carbons (Fsp3) is 0.167. The number of anilines is 1. The number of hydrogen-bond acceptors (Lipinski definition) is 5. The molecule has 0 unspecified atom stereocenters. The third-order valence-electron chi connectivity index (χ3n) is 2.73. The Morgan fingerprint density at radius 3 is 2.71 bits per heavy atom. The quantitative estimate of drug-likeness (QED) is 0.747. The zero-order chi connectivity index (χ0) is 15.5. The minimum absolute atomic E-state index is 0.0267. The number of hydrogen-bond donors (Lipinski definition) is 3. The number of nitrogens with one attached hydrogen (secondary N) is 3. The Hall–Kier alpha value is -2.55. The highest BCUT2D eigenvalue weighted by molar-refractivity contribution is 7.92. The van der Waals surface area contributed by atoms with Crippen molar-refractivity contribution in [2.75, 3.05) is 18.9 Å². The van der Waals surface area contributed by atoms with Crippen molar-refractivity contribution < 1.29 is 17.9 Å². The predicted octanol–water partition coefficient (Wildman–Crippen LogP) is 0.579. The van der Waals surface area contributed by atoms with Gasteiger partial charge < -0.3 is 10.1 Å². The van der Waals surface area contributed by atoms with Crippen LogP contribution in [0, 0.1) is 0 Å². The maximum absolute atomic E-state index is 12.1. The molecule has 0 radical (unpaired) electrons. The number of aromatic amines is 1. The van der Waals surface area contributed by atoms with E-state index >= 15 is 0 Å². The number of rotatable bonds is 5. The molecule has 1 aromatic heterocycles. The van der Waals surface area contributed by atoms with Crippen LogP contribution in [0.1, 0.15) is 10.4 Å². The average molecular weight is 310 g/mol. The van der Waals surface area contributed by atoms with Gasteiger partial charge in [0.2, 0.25) is 0 Å². The summed E-state index contributed by atoms with van der Waals surface area (Å²) in [4.78, 5) is 11.8. The maximum atomic E-state index is 12.1. The second kappa shape index (κ2) is 5.83. The van der Waals surface area contributed by atoms with E-state index < -0.39 is 15.9 Å². The van der Waals surface area contributed by atoms with Gasteiger partial charge in [0.1, 0.15) is 10.6 Å². The summed E-state index contributed by atoms with van der Waals surface area (Å²) in [5.74, 6) is 0.0126. The summed E-state index contributed by atoms with van der Waals surface area (Å²) in [5, 5.41) is 8.45. The lowest BCUT2D eigenvalue weighted by atomic mass is 10.1. The summed E-state index contributed by atoms with van der Waals surface area (Å²) in [7, 11) is -0.907. The van der Waals surface area contributed by atoms with Gasteiger partial charge in [-0.25, -0.2) is 8.42 Å². The summed E-state index contributed by atoms with van der Waals surface area (Å²) in [6.07, 6.45) is 2.41. The van der Waals surface area contributed by atoms with Gasteiger partial charge in [-0.2, -0.15) is 5.10 Å². The lowest BCUT2D eigenvalue weighted by molar-refractivity contribution is 0.0963. The lowest BCUT2D eigenvalue weighted by Crippen LogP contribution is -2.21. The van der Waals surface area contributed by atoms with Crippen LogP contribution in [0.5, 0.6) is 5.75 Å². The molecule has 0 spiro atoms. The molecule has 21 heavy (non-hydrogen) atoms. The van der Waals surface area contributed by atoms with Gasteiger partial charge in [-0.1, -0.05) is 0 Å². The first-order valence-electron chi connectivity index (χ1n) is 5.89. The van der Waals surface area contributed by atoms with Crippen molar-refractivity contribution in [2.45, 2.75) is 4.90 Å². The zero-order valence-electron chi connectivity index (χ0n) is 11.4. The lowest BCUT2D eigenvalue weighted by Gasteiger charge is -2.12. The van der Waals surface area contributed by atoms with E-state index in [9.17, 15) is 13.2 Å². The third-order valence-corrected chi connectivity index (χ3v) is 4.06. The largest absolute Gasteiger partial charge is 0.497 e. The minimum atomic E-state index is -3.82. The SMILES string of the molecule is CNC(=O)c1cc(OC)ccc1NS(=O)(=O)c1cn[nH]c1. The van der Waals surface area contributed by atoms with E-state index in [1.807, 2.05) is 0 Å². The third kappa shape index (κ3) is 3.14. The Bertz CT molecular complexity index is 741. The van der Waals surface area contributed by atoms with Crippen LogP contribution in [0.3, 0.4) is 0 Å². The highest BCUT2D eigenvalue weighted by atomic mass is 32.2. The first-order chi connectivity index (χ1) is 9.97. The number of ether oxygens (including phenoxy) is 1. The van der Waals surface area contributed by atoms with E-state index in [4.69, 9.17) is 4.74 Å². The fourth-order valence-electron chi connectivity index (χ4n) is 1.65. The van der Waals surface area contributed by atoms with Crippen LogP contribution in [0.25, 0.3) is 0 Å². The summed E-state index contributed by atoms with van der Waals surface area (Å²) < 4.78 is 31.7. The van der Waals surface area contributed by atoms with Gasteiger partial charge in [0, 0.05) is 13.2 Å². The molecule has 0 saturated heterocycles. The first kappa shape index (κ1) is 14.9. The van der Waals surface area contributed by atoms with E-state index in [1.54, 1.807) is 6.07 Å². The van der Waals surface area contributed by atoms with Gasteiger partial charge in [0.05, 0.1) is 24.6 Å². The molecule has 0 saturated carbocycles. The number of carbonyl (C=O) groups excluding carboxylic acids is 1. The van der Waals surface area contributed by atoms with Gasteiger partial charge in [-0.05, 0) is 18.2 Å². The highest BCUT2D eigenvalue weighted by Crippen LogP contribution is 2.24. The molecule has 0 atom stereocenters. The number of aromatic nitrogens is 2. The fourth-order valence-corrected chi connectivity index (χ4v) is 2.64. The highest BCUT2D eigenvalue weighted by Gasteiger charge is 2.19. The van der Waals surface area contributed by atoms with Gasteiger partial charge in [-0.15, -0.1) is 0 Å². The van der Waals surface area contributed by atoms with Crippen molar-refractivity contribution in [3.05, 3.63) is 36.2 Å². The topological polar surface area (TPSA) is 113 Å². The number of carbonyl (C=O) groups is 1. The molecule has 0 aliphatic rings. The van der Waals surface area contributed by atoms with E-state index in [0.29, 0.717) is 5.75 Å². The first-order valence-corrected chi connectivity index (χ1v) is 7.38. The molecular weight excluding hydrogens is 296 g/mol. The minimum Gasteiger partial charge on any atom is -0.497 e. The standard InChI is InChI=1S/C12H14N4O4S/c1-13-12(17)10-5-8(20-2)3-4-11(10)16-21(18,19)9-6-14-15-7-9/h3-7,16H,1-2H3,(H,13,17)(H,14,15). The molecule has 0 aliphatic heterocycles. The Kier molecular flexibility index (Phi) is 4.13. The molecular formula is C12H14N4O4S. The summed E-state index contributed by atoms with van der Waals surface area (Å²) in [5.41, 5.74) is 0.306. The number of amides is 1. The van der Waals surface area contributed by atoms with Crippen LogP contribution in [0.15, 0.2) is 35.5 Å². The number of sulfonamides is 1. The van der Waals surface area contributed by atoms with Crippen LogP contribution in [-0.4, -0.2) is 38.7 Å². The monoisotopic (exact) mass is 310 g/mol. The van der Waals surface area contributed by atoms with Crippen molar-refractivity contribution >= 4 is 21.6 Å². The summed E-state index contributed by atoms with van der Waals surface area (Å²) in [6, 6.07) is 4.47. The molecule has 8 nitrogen and oxygen atoms in total. The van der Waals surface area contributed by atoms with Crippen molar-refractivity contribution in [2.24, 2.45) is 0 Å². The van der Waals surface area contributed by atoms with Crippen molar-refractivity contribution in [1.82, 2.24) is 15.5 Å². The van der Waals surface area contributed by atoms with E-state index in [-0.39, 0.29) is 16.1 Å². The smallest absolute Gasteiger partial charge is 0.265 e. The normalized spacial score (nSPS) is 11.0. The van der Waals surface area contributed by atoms with Crippen LogP contribution in [0.2, 0.25) is 0 Å². The average Bonchev–Trinajstić information content (AvgIpc) is 3.01. The van der Waals surface area contributed by atoms with E-state index in [0.717, 1.165) is 0 Å².